The van der Waals surface area contributed by atoms with E-state index in [9.17, 15) is 0 Å². The van der Waals surface area contributed by atoms with Crippen LogP contribution in [0.5, 0.6) is 0 Å². The van der Waals surface area contributed by atoms with E-state index in [1.54, 1.807) is 0 Å². The van der Waals surface area contributed by atoms with E-state index >= 15 is 0 Å². The lowest BCUT2D eigenvalue weighted by Crippen LogP contribution is -2.30. The minimum Gasteiger partial charge on any atom is -0.344 e. The fourth-order valence-electron chi connectivity index (χ4n) is 9.29. The van der Waals surface area contributed by atoms with Crippen LogP contribution in [0.1, 0.15) is 83.1 Å². The molecule has 2 unspecified atom stereocenters. The van der Waals surface area contributed by atoms with E-state index in [0.29, 0.717) is 0 Å². The first kappa shape index (κ1) is 33.9. The fraction of sp³-hybridized carbons (Fsp3) is 0.271. The average Bonchev–Trinajstić information content (AvgIpc) is 3.69. The lowest BCUT2D eigenvalue weighted by Gasteiger charge is -2.29. The molecule has 2 aliphatic heterocycles. The lowest BCUT2D eigenvalue weighted by molar-refractivity contribution is -0.437. The molecule has 0 bridgehead atoms. The van der Waals surface area contributed by atoms with Crippen LogP contribution in [0.2, 0.25) is 0 Å². The second kappa shape index (κ2) is 13.1. The van der Waals surface area contributed by atoms with Gasteiger partial charge in [-0.2, -0.15) is 4.58 Å². The summed E-state index contributed by atoms with van der Waals surface area (Å²) in [6, 6.07) is 36.1. The first-order valence-electron chi connectivity index (χ1n) is 18.9. The smallest absolute Gasteiger partial charge is 0.210 e. The van der Waals surface area contributed by atoms with Gasteiger partial charge < -0.3 is 4.90 Å². The van der Waals surface area contributed by atoms with Gasteiger partial charge in [-0.25, -0.2) is 0 Å². The third kappa shape index (κ3) is 5.05. The molecule has 0 radical (unpaired) electrons. The molecule has 2 heterocycles. The third-order valence-electron chi connectivity index (χ3n) is 12.2. The highest BCUT2D eigenvalue weighted by atomic mass is 127. The van der Waals surface area contributed by atoms with Gasteiger partial charge in [-0.3, -0.25) is 0 Å². The minimum absolute atomic E-state index is 0.0784. The quantitative estimate of drug-likeness (QED) is 0.112. The van der Waals surface area contributed by atoms with Crippen LogP contribution in [0.15, 0.2) is 131 Å². The van der Waals surface area contributed by atoms with Crippen molar-refractivity contribution < 1.29 is 4.58 Å². The van der Waals surface area contributed by atoms with Gasteiger partial charge in [0.15, 0.2) is 5.71 Å². The highest BCUT2D eigenvalue weighted by molar-refractivity contribution is 14.1. The van der Waals surface area contributed by atoms with E-state index in [1.807, 2.05) is 0 Å². The van der Waals surface area contributed by atoms with Crippen molar-refractivity contribution in [1.29, 1.82) is 0 Å². The summed E-state index contributed by atoms with van der Waals surface area (Å²) < 4.78 is 3.91. The van der Waals surface area contributed by atoms with Crippen LogP contribution in [0, 0.1) is 0 Å². The lowest BCUT2D eigenvalue weighted by atomic mass is 9.75. The van der Waals surface area contributed by atoms with Crippen molar-refractivity contribution in [2.75, 3.05) is 18.0 Å². The van der Waals surface area contributed by atoms with Gasteiger partial charge in [0.2, 0.25) is 5.69 Å². The van der Waals surface area contributed by atoms with Gasteiger partial charge in [-0.1, -0.05) is 106 Å². The summed E-state index contributed by atoms with van der Waals surface area (Å²) >= 11 is 2.61. The molecule has 5 aromatic carbocycles. The Morgan fingerprint density at radius 3 is 1.96 bits per heavy atom. The highest BCUT2D eigenvalue weighted by Crippen LogP contribution is 2.53. The van der Waals surface area contributed by atoms with E-state index in [0.717, 1.165) is 32.4 Å². The van der Waals surface area contributed by atoms with Crippen molar-refractivity contribution in [2.45, 2.75) is 71.6 Å². The van der Waals surface area contributed by atoms with E-state index < -0.39 is 0 Å². The zero-order valence-corrected chi connectivity index (χ0v) is 33.0. The van der Waals surface area contributed by atoms with Crippen molar-refractivity contribution >= 4 is 72.4 Å². The zero-order chi connectivity index (χ0) is 35.5. The predicted octanol–water partition coefficient (Wildman–Crippen LogP) is 13.1. The standard InChI is InChI=1S/C48H48IN2/c1-7-31-51-41-28-24-33-18-12-14-20-35(33)45(41)48(6,9-3)43(51)30-26-39-37-22-16-15-21-36(37)38(46(39)49)25-29-42-47(5,8-2)44-34-19-13-11-17-32(34)23-27-40(44)50(42)10-4/h11-30H,7-10,31H2,1-6H3/q+1. The van der Waals surface area contributed by atoms with Crippen LogP contribution >= 0.6 is 22.6 Å². The summed E-state index contributed by atoms with van der Waals surface area (Å²) in [7, 11) is 0. The molecule has 8 rings (SSSR count). The number of allylic oxidation sites excluding steroid dienone is 8. The average molecular weight is 780 g/mol. The van der Waals surface area contributed by atoms with Crippen LogP contribution in [0.3, 0.4) is 0 Å². The van der Waals surface area contributed by atoms with Gasteiger partial charge in [-0.05, 0) is 130 Å². The molecular weight excluding hydrogens is 731 g/mol. The number of benzene rings is 5. The predicted molar refractivity (Wildman–Crippen MR) is 229 cm³/mol. The largest absolute Gasteiger partial charge is 0.344 e. The third-order valence-corrected chi connectivity index (χ3v) is 13.3. The SMILES string of the molecule is CCC[N+]1=C(/C=C/C2=C(I)C(=C/C=C3/N(CC)c4ccc5ccccc5c4C3(C)CC)/c3ccccc32)C(C)(CC)c2c1ccc1ccccc21. The van der Waals surface area contributed by atoms with Gasteiger partial charge >= 0.3 is 0 Å². The van der Waals surface area contributed by atoms with Crippen LogP contribution in [0.4, 0.5) is 11.4 Å². The van der Waals surface area contributed by atoms with Crippen LogP contribution in [-0.2, 0) is 10.8 Å². The molecule has 5 aromatic rings. The summed E-state index contributed by atoms with van der Waals surface area (Å²) in [5, 5.41) is 5.39. The summed E-state index contributed by atoms with van der Waals surface area (Å²) in [5.74, 6) is 0. The maximum atomic E-state index is 2.61. The second-order valence-electron chi connectivity index (χ2n) is 14.8. The summed E-state index contributed by atoms with van der Waals surface area (Å²) in [5.41, 5.74) is 13.5. The molecule has 1 aliphatic carbocycles. The van der Waals surface area contributed by atoms with E-state index in [-0.39, 0.29) is 10.8 Å². The molecule has 0 saturated heterocycles. The molecule has 0 aromatic heterocycles. The molecule has 51 heavy (non-hydrogen) atoms. The first-order chi connectivity index (χ1) is 24.8. The molecule has 0 spiro atoms. The van der Waals surface area contributed by atoms with E-state index in [4.69, 9.17) is 0 Å². The van der Waals surface area contributed by atoms with E-state index in [2.05, 4.69) is 195 Å². The van der Waals surface area contributed by atoms with Gasteiger partial charge in [0.25, 0.3) is 0 Å². The molecular formula is C48H48IN2+. The molecule has 2 atom stereocenters. The Hall–Kier alpha value is -4.22. The number of rotatable bonds is 8. The molecule has 0 saturated carbocycles. The fourth-order valence-corrected chi connectivity index (χ4v) is 10.2. The van der Waals surface area contributed by atoms with Crippen LogP contribution in [-0.4, -0.2) is 23.4 Å². The Morgan fingerprint density at radius 2 is 1.29 bits per heavy atom. The minimum atomic E-state index is -0.0785. The summed E-state index contributed by atoms with van der Waals surface area (Å²) in [6.07, 6.45) is 12.9. The van der Waals surface area contributed by atoms with Crippen molar-refractivity contribution in [1.82, 2.24) is 0 Å². The van der Waals surface area contributed by atoms with Crippen LogP contribution in [0.25, 0.3) is 32.7 Å². The van der Waals surface area contributed by atoms with Crippen molar-refractivity contribution in [3.8, 4) is 0 Å². The molecule has 0 fully saturated rings. The Balaban J connectivity index is 1.25. The van der Waals surface area contributed by atoms with Gasteiger partial charge in [-0.15, -0.1) is 0 Å². The number of halogens is 1. The Morgan fingerprint density at radius 1 is 0.667 bits per heavy atom. The van der Waals surface area contributed by atoms with Gasteiger partial charge in [0.05, 0.1) is 5.41 Å². The van der Waals surface area contributed by atoms with Crippen molar-refractivity contribution in [2.24, 2.45) is 0 Å². The van der Waals surface area contributed by atoms with Gasteiger partial charge in [0, 0.05) is 51.1 Å². The topological polar surface area (TPSA) is 6.25 Å². The highest BCUT2D eigenvalue weighted by Gasteiger charge is 2.47. The maximum absolute atomic E-state index is 2.61. The number of hydrogen-bond acceptors (Lipinski definition) is 1. The number of anilines is 1. The first-order valence-corrected chi connectivity index (χ1v) is 20.0. The molecule has 3 heteroatoms. The van der Waals surface area contributed by atoms with Crippen molar-refractivity contribution in [3.63, 3.8) is 0 Å². The van der Waals surface area contributed by atoms with Gasteiger partial charge in [0.1, 0.15) is 6.54 Å². The molecule has 3 aliphatic rings. The maximum Gasteiger partial charge on any atom is 0.210 e. The Kier molecular flexibility index (Phi) is 8.69. The molecule has 256 valence electrons. The van der Waals surface area contributed by atoms with E-state index in [1.165, 1.54) is 81.3 Å². The number of nitrogens with zero attached hydrogens (tertiary/aromatic N) is 2. The monoisotopic (exact) mass is 779 g/mol. The summed E-state index contributed by atoms with van der Waals surface area (Å²) in [6.45, 7) is 16.1. The molecule has 2 nitrogen and oxygen atoms in total. The molecule has 0 N–H and O–H groups in total. The van der Waals surface area contributed by atoms with Crippen LogP contribution < -0.4 is 4.90 Å². The summed E-state index contributed by atoms with van der Waals surface area (Å²) in [4.78, 5) is 2.55. The number of hydrogen-bond donors (Lipinski definition) is 0. The number of likely N-dealkylation sites (N-methyl/N-ethyl adjacent to an activating group) is 1. The second-order valence-corrected chi connectivity index (χ2v) is 15.8. The number of fused-ring (bicyclic) bond motifs is 7. The van der Waals surface area contributed by atoms with Crippen molar-refractivity contribution in [3.05, 3.63) is 153 Å². The molecule has 0 amide bonds. The normalized spacial score (nSPS) is 22.8. The Bertz CT molecular complexity index is 2390. The zero-order valence-electron chi connectivity index (χ0n) is 30.9. The Labute approximate surface area is 317 Å².